The van der Waals surface area contributed by atoms with Crippen molar-refractivity contribution >= 4 is 22.3 Å². The third-order valence-electron chi connectivity index (χ3n) is 8.16. The Kier molecular flexibility index (Phi) is 8.64. The lowest BCUT2D eigenvalue weighted by Gasteiger charge is -2.31. The zero-order valence-electron chi connectivity index (χ0n) is 24.3. The van der Waals surface area contributed by atoms with Gasteiger partial charge in [0, 0.05) is 55.9 Å². The number of benzene rings is 1. The third-order valence-corrected chi connectivity index (χ3v) is 10.0. The van der Waals surface area contributed by atoms with E-state index < -0.39 is 28.8 Å². The van der Waals surface area contributed by atoms with E-state index in [4.69, 9.17) is 0 Å². The Labute approximate surface area is 258 Å². The van der Waals surface area contributed by atoms with E-state index in [2.05, 4.69) is 20.5 Å². The van der Waals surface area contributed by atoms with Crippen LogP contribution in [0.25, 0.3) is 0 Å². The summed E-state index contributed by atoms with van der Waals surface area (Å²) in [6.07, 6.45) is 10.8. The van der Waals surface area contributed by atoms with Gasteiger partial charge in [0.1, 0.15) is 12.4 Å². The van der Waals surface area contributed by atoms with Crippen LogP contribution in [-0.4, -0.2) is 70.2 Å². The maximum atomic E-state index is 12.9. The molecule has 3 aromatic rings. The number of urea groups is 1. The number of alkyl halides is 3. The Morgan fingerprint density at radius 2 is 1.87 bits per heavy atom. The maximum Gasteiger partial charge on any atom is 0.405 e. The molecule has 0 spiro atoms. The van der Waals surface area contributed by atoms with Crippen molar-refractivity contribution in [1.82, 2.24) is 34.4 Å². The van der Waals surface area contributed by atoms with E-state index in [1.165, 1.54) is 0 Å². The summed E-state index contributed by atoms with van der Waals surface area (Å²) in [5, 5.41) is 13.6. The number of halogens is 3. The minimum atomic E-state index is -4.49. The van der Waals surface area contributed by atoms with E-state index in [0.717, 1.165) is 22.6 Å². The van der Waals surface area contributed by atoms with Gasteiger partial charge in [-0.15, -0.1) is 0 Å². The Morgan fingerprint density at radius 3 is 2.62 bits per heavy atom. The molecule has 4 heterocycles. The number of aromatic nitrogens is 4. The first kappa shape index (κ1) is 30.8. The predicted molar refractivity (Wildman–Crippen MR) is 161 cm³/mol. The summed E-state index contributed by atoms with van der Waals surface area (Å²) in [7, 11) is -3.39. The van der Waals surface area contributed by atoms with Crippen LogP contribution in [0.3, 0.4) is 0 Å². The number of sulfonamides is 1. The Bertz CT molecular complexity index is 1720. The number of carbonyl (C=O) groups excluding carboxylic acids is 1. The predicted octanol–water partition coefficient (Wildman–Crippen LogP) is 4.21. The van der Waals surface area contributed by atoms with Crippen LogP contribution in [0.5, 0.6) is 0 Å². The van der Waals surface area contributed by atoms with Crippen LogP contribution >= 0.6 is 0 Å². The maximum absolute atomic E-state index is 12.9. The first-order chi connectivity index (χ1) is 21.5. The van der Waals surface area contributed by atoms with E-state index in [1.807, 2.05) is 71.1 Å². The number of hydrogen-bond donors (Lipinski definition) is 2. The van der Waals surface area contributed by atoms with Crippen LogP contribution < -0.4 is 10.6 Å². The van der Waals surface area contributed by atoms with E-state index in [9.17, 15) is 26.4 Å². The van der Waals surface area contributed by atoms with E-state index in [0.29, 0.717) is 44.5 Å². The molecule has 3 aliphatic rings. The molecule has 1 fully saturated rings. The third kappa shape index (κ3) is 7.36. The second-order valence-corrected chi connectivity index (χ2v) is 13.4. The van der Waals surface area contributed by atoms with E-state index in [-0.39, 0.29) is 23.6 Å². The highest BCUT2D eigenvalue weighted by atomic mass is 32.2. The largest absolute Gasteiger partial charge is 0.405 e. The van der Waals surface area contributed by atoms with Crippen molar-refractivity contribution in [3.8, 4) is 0 Å². The zero-order chi connectivity index (χ0) is 31.6. The van der Waals surface area contributed by atoms with Crippen LogP contribution in [0.2, 0.25) is 0 Å². The van der Waals surface area contributed by atoms with Gasteiger partial charge < -0.3 is 10.6 Å². The molecule has 2 unspecified atom stereocenters. The molecular weight excluding hydrogens is 609 g/mol. The van der Waals surface area contributed by atoms with Crippen LogP contribution in [0.15, 0.2) is 77.9 Å². The number of fused-ring (bicyclic) bond motifs is 1. The van der Waals surface area contributed by atoms with Crippen LogP contribution in [-0.2, 0) is 22.2 Å². The molecule has 45 heavy (non-hydrogen) atoms. The summed E-state index contributed by atoms with van der Waals surface area (Å²) in [5.41, 5.74) is 3.03. The fraction of sp³-hybridized carbons (Fsp3) is 0.400. The lowest BCUT2D eigenvalue weighted by Crippen LogP contribution is -2.40. The molecule has 1 aromatic carbocycles. The van der Waals surface area contributed by atoms with Gasteiger partial charge in [0.15, 0.2) is 0 Å². The molecule has 2 atom stereocenters. The Hall–Kier alpha value is -4.24. The lowest BCUT2D eigenvalue weighted by molar-refractivity contribution is -0.122. The fourth-order valence-corrected chi connectivity index (χ4v) is 7.40. The monoisotopic (exact) mass is 642 g/mol. The molecular formula is C30H33F3N8O3S. The van der Waals surface area contributed by atoms with Gasteiger partial charge >= 0.3 is 12.2 Å². The van der Waals surface area contributed by atoms with Crippen LogP contribution in [0.4, 0.5) is 18.0 Å². The minimum Gasteiger partial charge on any atom is -0.329 e. The quantitative estimate of drug-likeness (QED) is 0.356. The molecule has 11 nitrogen and oxygen atoms in total. The summed E-state index contributed by atoms with van der Waals surface area (Å²) < 4.78 is 68.4. The van der Waals surface area contributed by atoms with Gasteiger partial charge in [-0.1, -0.05) is 48.6 Å². The molecule has 0 radical (unpaired) electrons. The highest BCUT2D eigenvalue weighted by Crippen LogP contribution is 2.31. The van der Waals surface area contributed by atoms with Gasteiger partial charge in [-0.2, -0.15) is 23.4 Å². The second kappa shape index (κ2) is 12.6. The minimum absolute atomic E-state index is 0.00317. The van der Waals surface area contributed by atoms with Crippen molar-refractivity contribution in [2.24, 2.45) is 5.10 Å². The number of carbonyl (C=O) groups is 1. The van der Waals surface area contributed by atoms with Crippen LogP contribution in [0, 0.1) is 0 Å². The molecule has 0 bridgehead atoms. The van der Waals surface area contributed by atoms with Crippen LogP contribution in [0.1, 0.15) is 59.8 Å². The van der Waals surface area contributed by atoms with Crippen molar-refractivity contribution in [3.63, 3.8) is 0 Å². The van der Waals surface area contributed by atoms with Crippen molar-refractivity contribution in [3.05, 3.63) is 95.5 Å². The van der Waals surface area contributed by atoms with Gasteiger partial charge in [-0.05, 0) is 24.0 Å². The van der Waals surface area contributed by atoms with Crippen molar-refractivity contribution in [2.45, 2.75) is 55.5 Å². The number of nitrogens with zero attached hydrogens (tertiary/aromatic N) is 6. The van der Waals surface area contributed by atoms with Gasteiger partial charge in [0.25, 0.3) is 0 Å². The van der Waals surface area contributed by atoms with Crippen molar-refractivity contribution in [1.29, 1.82) is 0 Å². The normalized spacial score (nSPS) is 20.9. The standard InChI is InChI=1S/C30H33F3N8O3S/c31-30(32,33)20-35-29(42)38-25-8-4-7-22(13-25)27-17-34-28-14-23(15-37-41(27)28)24-16-36-40(18-24)26-9-11-39(12-10-26)45(43,44)19-21-5-2-1-3-6-21/h1-7,13,15-18,22-23,26H,8-12,14,19-20H2,(H2,35,38,42). The number of amides is 2. The number of rotatable bonds is 8. The average Bonchev–Trinajstić information content (AvgIpc) is 3.68. The Balaban J connectivity index is 1.05. The molecule has 0 saturated carbocycles. The second-order valence-electron chi connectivity index (χ2n) is 11.4. The summed E-state index contributed by atoms with van der Waals surface area (Å²) in [6, 6.07) is 8.38. The van der Waals surface area contributed by atoms with E-state index in [1.54, 1.807) is 21.3 Å². The first-order valence-corrected chi connectivity index (χ1v) is 16.3. The molecule has 1 saturated heterocycles. The molecule has 2 N–H and O–H groups in total. The molecule has 2 amide bonds. The van der Waals surface area contributed by atoms with Gasteiger partial charge in [0.05, 0.1) is 29.9 Å². The molecule has 15 heteroatoms. The summed E-state index contributed by atoms with van der Waals surface area (Å²) in [5.74, 6) is 0.445. The molecule has 2 aromatic heterocycles. The first-order valence-electron chi connectivity index (χ1n) is 14.7. The summed E-state index contributed by atoms with van der Waals surface area (Å²) in [4.78, 5) is 16.5. The smallest absolute Gasteiger partial charge is 0.329 e. The summed E-state index contributed by atoms with van der Waals surface area (Å²) >= 11 is 0. The van der Waals surface area contributed by atoms with Gasteiger partial charge in [-0.3, -0.25) is 4.68 Å². The molecule has 2 aliphatic heterocycles. The SMILES string of the molecule is O=C(NCC(F)(F)F)NC1=CC(c2cnc3n2N=CC(c2cnn(C4CCN(S(=O)(=O)Cc5ccccc5)CC4)c2)C3)C=CC1. The zero-order valence-corrected chi connectivity index (χ0v) is 25.1. The van der Waals surface area contributed by atoms with Gasteiger partial charge in [-0.25, -0.2) is 27.2 Å². The summed E-state index contributed by atoms with van der Waals surface area (Å²) in [6.45, 7) is -0.519. The molecule has 1 aliphatic carbocycles. The Morgan fingerprint density at radius 1 is 1.09 bits per heavy atom. The number of nitrogens with one attached hydrogen (secondary N) is 2. The molecule has 238 valence electrons. The van der Waals surface area contributed by atoms with Crippen molar-refractivity contribution in [2.75, 3.05) is 19.6 Å². The molecule has 6 rings (SSSR count). The average molecular weight is 643 g/mol. The number of imidazole rings is 1. The fourth-order valence-electron chi connectivity index (χ4n) is 5.83. The number of allylic oxidation sites excluding steroid dienone is 3. The van der Waals surface area contributed by atoms with Gasteiger partial charge in [0.2, 0.25) is 10.0 Å². The number of hydrogen-bond acceptors (Lipinski definition) is 6. The van der Waals surface area contributed by atoms with E-state index >= 15 is 0 Å². The lowest BCUT2D eigenvalue weighted by atomic mass is 9.97. The highest BCUT2D eigenvalue weighted by Gasteiger charge is 2.31. The van der Waals surface area contributed by atoms with Crippen molar-refractivity contribution < 1.29 is 26.4 Å². The highest BCUT2D eigenvalue weighted by molar-refractivity contribution is 7.88. The number of piperidine rings is 1. The topological polar surface area (TPSA) is 127 Å².